The topological polar surface area (TPSA) is 80.2 Å². The molecule has 0 bridgehead atoms. The van der Waals surface area contributed by atoms with Gasteiger partial charge in [0.15, 0.2) is 11.5 Å². The normalized spacial score (nSPS) is 19.7. The first-order valence-electron chi connectivity index (χ1n) is 8.70. The van der Waals surface area contributed by atoms with Crippen LogP contribution in [0.3, 0.4) is 0 Å². The minimum atomic E-state index is -0.761. The molecule has 0 radical (unpaired) electrons. The zero-order valence-corrected chi connectivity index (χ0v) is 14.5. The zero-order chi connectivity index (χ0) is 18.1. The standard InChI is InChI=1S/C20H20N2O4/c1-12-9-10-15(23)19-13(12)5-4-6-14(19)21-22-20(24)18-11-25-16-7-2-3-8-17(16)26-18/h2-3,7-10,18,23H,4-6,11H2,1H3,(H,22,24)/b21-14+/t18-/m0/s1. The maximum absolute atomic E-state index is 12.4. The van der Waals surface area contributed by atoms with Crippen molar-refractivity contribution in [1.82, 2.24) is 5.43 Å². The maximum atomic E-state index is 12.4. The molecule has 26 heavy (non-hydrogen) atoms. The Balaban J connectivity index is 1.51. The lowest BCUT2D eigenvalue weighted by molar-refractivity contribution is -0.130. The molecule has 0 unspecified atom stereocenters. The van der Waals surface area contributed by atoms with Gasteiger partial charge in [-0.3, -0.25) is 4.79 Å². The Morgan fingerprint density at radius 2 is 2.00 bits per heavy atom. The Morgan fingerprint density at radius 1 is 1.19 bits per heavy atom. The smallest absolute Gasteiger partial charge is 0.284 e. The molecule has 0 fully saturated rings. The number of fused-ring (bicyclic) bond motifs is 2. The fourth-order valence-electron chi connectivity index (χ4n) is 3.40. The molecule has 6 nitrogen and oxygen atoms in total. The van der Waals surface area contributed by atoms with Crippen LogP contribution in [0.5, 0.6) is 17.2 Å². The largest absolute Gasteiger partial charge is 0.507 e. The van der Waals surface area contributed by atoms with Crippen molar-refractivity contribution in [3.63, 3.8) is 0 Å². The summed E-state index contributed by atoms with van der Waals surface area (Å²) in [5.74, 6) is 1.00. The van der Waals surface area contributed by atoms with Crippen molar-refractivity contribution >= 4 is 11.6 Å². The van der Waals surface area contributed by atoms with Gasteiger partial charge >= 0.3 is 0 Å². The van der Waals surface area contributed by atoms with Crippen LogP contribution < -0.4 is 14.9 Å². The summed E-state index contributed by atoms with van der Waals surface area (Å²) in [6.07, 6.45) is 1.78. The van der Waals surface area contributed by atoms with Crippen LogP contribution in [0.25, 0.3) is 0 Å². The Bertz CT molecular complexity index is 891. The second kappa shape index (κ2) is 6.71. The van der Waals surface area contributed by atoms with Crippen LogP contribution in [-0.4, -0.2) is 29.4 Å². The van der Waals surface area contributed by atoms with Gasteiger partial charge in [0.25, 0.3) is 5.91 Å². The number of hydrazone groups is 1. The van der Waals surface area contributed by atoms with Crippen molar-refractivity contribution in [2.45, 2.75) is 32.3 Å². The fourth-order valence-corrected chi connectivity index (χ4v) is 3.40. The molecule has 1 aliphatic carbocycles. The van der Waals surface area contributed by atoms with E-state index in [4.69, 9.17) is 9.47 Å². The highest BCUT2D eigenvalue weighted by Gasteiger charge is 2.28. The van der Waals surface area contributed by atoms with E-state index in [1.165, 1.54) is 0 Å². The molecule has 0 saturated carbocycles. The van der Waals surface area contributed by atoms with Gasteiger partial charge in [-0.25, -0.2) is 5.43 Å². The number of hydrogen-bond acceptors (Lipinski definition) is 5. The van der Waals surface area contributed by atoms with Gasteiger partial charge in [-0.15, -0.1) is 0 Å². The molecule has 6 heteroatoms. The molecule has 2 aromatic rings. The lowest BCUT2D eigenvalue weighted by atomic mass is 9.86. The molecule has 1 atom stereocenters. The molecular weight excluding hydrogens is 332 g/mol. The van der Waals surface area contributed by atoms with Gasteiger partial charge in [-0.2, -0.15) is 5.10 Å². The van der Waals surface area contributed by atoms with E-state index < -0.39 is 6.10 Å². The minimum Gasteiger partial charge on any atom is -0.507 e. The van der Waals surface area contributed by atoms with E-state index in [2.05, 4.69) is 10.5 Å². The highest BCUT2D eigenvalue weighted by atomic mass is 16.6. The summed E-state index contributed by atoms with van der Waals surface area (Å²) < 4.78 is 11.3. The molecule has 1 heterocycles. The summed E-state index contributed by atoms with van der Waals surface area (Å²) in [4.78, 5) is 12.4. The predicted molar refractivity (Wildman–Crippen MR) is 96.8 cm³/mol. The van der Waals surface area contributed by atoms with Crippen molar-refractivity contribution < 1.29 is 19.4 Å². The molecule has 2 aliphatic rings. The first kappa shape index (κ1) is 16.4. The van der Waals surface area contributed by atoms with E-state index in [-0.39, 0.29) is 18.3 Å². The minimum absolute atomic E-state index is 0.134. The van der Waals surface area contributed by atoms with Gasteiger partial charge in [0.1, 0.15) is 12.4 Å². The molecule has 0 saturated heterocycles. The average molecular weight is 352 g/mol. The number of nitrogens with zero attached hydrogens (tertiary/aromatic N) is 1. The van der Waals surface area contributed by atoms with E-state index in [9.17, 15) is 9.90 Å². The van der Waals surface area contributed by atoms with Crippen molar-refractivity contribution in [3.05, 3.63) is 53.1 Å². The van der Waals surface area contributed by atoms with Crippen LogP contribution in [0.1, 0.15) is 29.5 Å². The zero-order valence-electron chi connectivity index (χ0n) is 14.5. The third-order valence-corrected chi connectivity index (χ3v) is 4.76. The van der Waals surface area contributed by atoms with Crippen LogP contribution in [0, 0.1) is 6.92 Å². The lowest BCUT2D eigenvalue weighted by Crippen LogP contribution is -2.42. The summed E-state index contributed by atoms with van der Waals surface area (Å²) in [6, 6.07) is 10.8. The number of carbonyl (C=O) groups excluding carboxylic acids is 1. The number of rotatable bonds is 2. The summed E-state index contributed by atoms with van der Waals surface area (Å²) in [6.45, 7) is 2.15. The second-order valence-electron chi connectivity index (χ2n) is 6.51. The third-order valence-electron chi connectivity index (χ3n) is 4.76. The summed E-state index contributed by atoms with van der Waals surface area (Å²) >= 11 is 0. The quantitative estimate of drug-likeness (QED) is 0.815. The first-order valence-corrected chi connectivity index (χ1v) is 8.70. The number of para-hydroxylation sites is 2. The van der Waals surface area contributed by atoms with Crippen LogP contribution >= 0.6 is 0 Å². The SMILES string of the molecule is Cc1ccc(O)c2c1CCC/C2=N\NC(=O)[C@@H]1COc2ccccc2O1. The number of hydrogen-bond donors (Lipinski definition) is 2. The maximum Gasteiger partial charge on any atom is 0.284 e. The predicted octanol–water partition coefficient (Wildman–Crippen LogP) is 2.70. The third kappa shape index (κ3) is 2.98. The van der Waals surface area contributed by atoms with E-state index >= 15 is 0 Å². The van der Waals surface area contributed by atoms with Gasteiger partial charge in [-0.1, -0.05) is 18.2 Å². The Labute approximate surface area is 151 Å². The van der Waals surface area contributed by atoms with Gasteiger partial charge in [0.05, 0.1) is 5.71 Å². The van der Waals surface area contributed by atoms with Crippen molar-refractivity contribution in [3.8, 4) is 17.2 Å². The number of phenolic OH excluding ortho intramolecular Hbond substituents is 1. The molecule has 1 aliphatic heterocycles. The Hall–Kier alpha value is -3.02. The number of benzene rings is 2. The highest BCUT2D eigenvalue weighted by molar-refractivity contribution is 6.05. The summed E-state index contributed by atoms with van der Waals surface area (Å²) in [7, 11) is 0. The highest BCUT2D eigenvalue weighted by Crippen LogP contribution is 2.32. The Kier molecular flexibility index (Phi) is 4.24. The van der Waals surface area contributed by atoms with Crippen LogP contribution in [0.15, 0.2) is 41.5 Å². The van der Waals surface area contributed by atoms with Crippen molar-refractivity contribution in [1.29, 1.82) is 0 Å². The molecule has 1 amide bonds. The van der Waals surface area contributed by atoms with E-state index in [1.54, 1.807) is 18.2 Å². The number of phenols is 1. The number of carbonyl (C=O) groups is 1. The van der Waals surface area contributed by atoms with Gasteiger partial charge in [-0.05, 0) is 55.5 Å². The van der Waals surface area contributed by atoms with Crippen LogP contribution in [0.4, 0.5) is 0 Å². The average Bonchev–Trinajstić information content (AvgIpc) is 2.68. The first-order chi connectivity index (χ1) is 12.6. The number of aromatic hydroxyl groups is 1. The van der Waals surface area contributed by atoms with Crippen LogP contribution in [0.2, 0.25) is 0 Å². The number of ether oxygens (including phenoxy) is 2. The van der Waals surface area contributed by atoms with Crippen molar-refractivity contribution in [2.24, 2.45) is 5.10 Å². The molecule has 0 spiro atoms. The van der Waals surface area contributed by atoms with Gasteiger partial charge < -0.3 is 14.6 Å². The number of amides is 1. The number of aryl methyl sites for hydroxylation is 1. The van der Waals surface area contributed by atoms with E-state index in [0.29, 0.717) is 23.6 Å². The van der Waals surface area contributed by atoms with E-state index in [0.717, 1.165) is 29.5 Å². The van der Waals surface area contributed by atoms with Crippen LogP contribution in [-0.2, 0) is 11.2 Å². The van der Waals surface area contributed by atoms with Gasteiger partial charge in [0, 0.05) is 5.56 Å². The number of nitrogens with one attached hydrogen (secondary N) is 1. The molecule has 4 rings (SSSR count). The fraction of sp³-hybridized carbons (Fsp3) is 0.300. The summed E-state index contributed by atoms with van der Waals surface area (Å²) in [5, 5.41) is 14.5. The molecular formula is C20H20N2O4. The second-order valence-corrected chi connectivity index (χ2v) is 6.51. The Morgan fingerprint density at radius 3 is 2.85 bits per heavy atom. The lowest BCUT2D eigenvalue weighted by Gasteiger charge is -2.25. The molecule has 134 valence electrons. The summed E-state index contributed by atoms with van der Waals surface area (Å²) in [5.41, 5.74) is 6.22. The molecule has 2 N–H and O–H groups in total. The molecule has 2 aromatic carbocycles. The van der Waals surface area contributed by atoms with Gasteiger partial charge in [0.2, 0.25) is 6.10 Å². The molecule has 0 aromatic heterocycles. The van der Waals surface area contributed by atoms with E-state index in [1.807, 2.05) is 25.1 Å². The monoisotopic (exact) mass is 352 g/mol. The van der Waals surface area contributed by atoms with Crippen molar-refractivity contribution in [2.75, 3.05) is 6.61 Å².